The van der Waals surface area contributed by atoms with Gasteiger partial charge < -0.3 is 25.0 Å². The summed E-state index contributed by atoms with van der Waals surface area (Å²) in [5, 5.41) is 4.99. The molecule has 3 amide bonds. The molecule has 0 aromatic heterocycles. The number of nitrogens with zero attached hydrogens (tertiary/aromatic N) is 1. The van der Waals surface area contributed by atoms with Gasteiger partial charge in [-0.25, -0.2) is 9.59 Å². The number of methoxy groups -OCH3 is 1. The summed E-state index contributed by atoms with van der Waals surface area (Å²) in [5.41, 5.74) is -0.669. The van der Waals surface area contributed by atoms with Gasteiger partial charge in [0.2, 0.25) is 11.8 Å². The molecule has 9 nitrogen and oxygen atoms in total. The van der Waals surface area contributed by atoms with E-state index in [1.165, 1.54) is 18.1 Å². The zero-order valence-electron chi connectivity index (χ0n) is 16.4. The molecule has 1 rings (SSSR count). The standard InChI is InChI=1S/C18H29N3O6/c1-6-8-12(16(24)26-5)20-15(23)13-9-7-10-21(13)14(22)11-19-17(25)27-18(2,3)4/h6,12-13H,1,7-11H2,2-5H3,(H,19,25)(H,20,23). The van der Waals surface area contributed by atoms with Crippen LogP contribution in [0.25, 0.3) is 0 Å². The number of carbonyl (C=O) groups is 4. The third kappa shape index (κ3) is 7.28. The van der Waals surface area contributed by atoms with Crippen LogP contribution < -0.4 is 10.6 Å². The fourth-order valence-electron chi connectivity index (χ4n) is 2.69. The molecular formula is C18H29N3O6. The molecule has 2 atom stereocenters. The minimum absolute atomic E-state index is 0.222. The zero-order chi connectivity index (χ0) is 20.6. The lowest BCUT2D eigenvalue weighted by atomic mass is 10.1. The molecule has 1 saturated heterocycles. The predicted octanol–water partition coefficient (Wildman–Crippen LogP) is 0.736. The summed E-state index contributed by atoms with van der Waals surface area (Å²) in [5.74, 6) is -1.40. The summed E-state index contributed by atoms with van der Waals surface area (Å²) in [6.07, 6.45) is 2.16. The lowest BCUT2D eigenvalue weighted by Gasteiger charge is -2.26. The highest BCUT2D eigenvalue weighted by Crippen LogP contribution is 2.18. The van der Waals surface area contributed by atoms with Crippen molar-refractivity contribution in [2.75, 3.05) is 20.2 Å². The highest BCUT2D eigenvalue weighted by atomic mass is 16.6. The van der Waals surface area contributed by atoms with Gasteiger partial charge in [-0.05, 0) is 40.0 Å². The van der Waals surface area contributed by atoms with Gasteiger partial charge in [0.1, 0.15) is 24.2 Å². The molecule has 0 aromatic carbocycles. The van der Waals surface area contributed by atoms with Crippen molar-refractivity contribution in [2.45, 2.75) is 57.7 Å². The lowest BCUT2D eigenvalue weighted by Crippen LogP contribution is -2.52. The van der Waals surface area contributed by atoms with Crippen LogP contribution in [0.5, 0.6) is 0 Å². The van der Waals surface area contributed by atoms with E-state index in [4.69, 9.17) is 4.74 Å². The third-order valence-electron chi connectivity index (χ3n) is 3.86. The van der Waals surface area contributed by atoms with Gasteiger partial charge in [0.05, 0.1) is 7.11 Å². The van der Waals surface area contributed by atoms with Crippen molar-refractivity contribution >= 4 is 23.9 Å². The first-order valence-electron chi connectivity index (χ1n) is 8.84. The van der Waals surface area contributed by atoms with E-state index >= 15 is 0 Å². The molecule has 1 heterocycles. The molecular weight excluding hydrogens is 354 g/mol. The number of carbonyl (C=O) groups excluding carboxylic acids is 4. The van der Waals surface area contributed by atoms with E-state index in [1.54, 1.807) is 20.8 Å². The molecule has 27 heavy (non-hydrogen) atoms. The van der Waals surface area contributed by atoms with Gasteiger partial charge in [-0.1, -0.05) is 6.08 Å². The fourth-order valence-corrected chi connectivity index (χ4v) is 2.69. The minimum Gasteiger partial charge on any atom is -0.467 e. The maximum Gasteiger partial charge on any atom is 0.408 e. The average molecular weight is 383 g/mol. The Balaban J connectivity index is 2.64. The van der Waals surface area contributed by atoms with Crippen molar-refractivity contribution in [3.05, 3.63) is 12.7 Å². The molecule has 0 aliphatic carbocycles. The van der Waals surface area contributed by atoms with E-state index in [0.717, 1.165) is 0 Å². The van der Waals surface area contributed by atoms with Crippen molar-refractivity contribution < 1.29 is 28.7 Å². The SMILES string of the molecule is C=CCC(NC(=O)C1CCCN1C(=O)CNC(=O)OC(C)(C)C)C(=O)OC. The van der Waals surface area contributed by atoms with Crippen LogP contribution in [0.1, 0.15) is 40.0 Å². The Morgan fingerprint density at radius 1 is 1.30 bits per heavy atom. The van der Waals surface area contributed by atoms with Crippen LogP contribution in [0.3, 0.4) is 0 Å². The lowest BCUT2D eigenvalue weighted by molar-refractivity contribution is -0.146. The number of esters is 1. The Labute approximate surface area is 159 Å². The monoisotopic (exact) mass is 383 g/mol. The van der Waals surface area contributed by atoms with Gasteiger partial charge in [-0.2, -0.15) is 0 Å². The first-order valence-corrected chi connectivity index (χ1v) is 8.84. The molecule has 0 bridgehead atoms. The van der Waals surface area contributed by atoms with Crippen LogP contribution in [-0.4, -0.2) is 66.7 Å². The Hall–Kier alpha value is -2.58. The number of amides is 3. The van der Waals surface area contributed by atoms with Gasteiger partial charge in [-0.15, -0.1) is 6.58 Å². The normalized spacial score (nSPS) is 17.6. The van der Waals surface area contributed by atoms with E-state index in [-0.39, 0.29) is 13.0 Å². The van der Waals surface area contributed by atoms with E-state index in [1.807, 2.05) is 0 Å². The number of hydrogen-bond donors (Lipinski definition) is 2. The molecule has 1 aliphatic rings. The molecule has 1 fully saturated rings. The summed E-state index contributed by atoms with van der Waals surface area (Å²) >= 11 is 0. The topological polar surface area (TPSA) is 114 Å². The van der Waals surface area contributed by atoms with Crippen LogP contribution >= 0.6 is 0 Å². The van der Waals surface area contributed by atoms with Gasteiger partial charge in [-0.3, -0.25) is 9.59 Å². The minimum atomic E-state index is -0.850. The molecule has 0 radical (unpaired) electrons. The van der Waals surface area contributed by atoms with E-state index in [9.17, 15) is 19.2 Å². The Morgan fingerprint density at radius 2 is 1.96 bits per heavy atom. The summed E-state index contributed by atoms with van der Waals surface area (Å²) in [6, 6.07) is -1.55. The van der Waals surface area contributed by atoms with Crippen LogP contribution in [0.4, 0.5) is 4.79 Å². The van der Waals surface area contributed by atoms with Gasteiger partial charge in [0.15, 0.2) is 0 Å². The number of alkyl carbamates (subject to hydrolysis) is 1. The quantitative estimate of drug-likeness (QED) is 0.495. The molecule has 2 unspecified atom stereocenters. The summed E-state index contributed by atoms with van der Waals surface area (Å²) in [6.45, 7) is 8.84. The first-order chi connectivity index (χ1) is 12.6. The zero-order valence-corrected chi connectivity index (χ0v) is 16.4. The summed E-state index contributed by atoms with van der Waals surface area (Å²) in [4.78, 5) is 49.7. The van der Waals surface area contributed by atoms with Crippen molar-refractivity contribution in [3.63, 3.8) is 0 Å². The second-order valence-electron chi connectivity index (χ2n) is 7.21. The van der Waals surface area contributed by atoms with Gasteiger partial charge >= 0.3 is 12.1 Å². The Morgan fingerprint density at radius 3 is 2.52 bits per heavy atom. The highest BCUT2D eigenvalue weighted by Gasteiger charge is 2.35. The predicted molar refractivity (Wildman–Crippen MR) is 97.7 cm³/mol. The Bertz CT molecular complexity index is 584. The number of nitrogens with one attached hydrogen (secondary N) is 2. The van der Waals surface area contributed by atoms with Crippen molar-refractivity contribution in [3.8, 4) is 0 Å². The maximum absolute atomic E-state index is 12.5. The number of likely N-dealkylation sites (tertiary alicyclic amines) is 1. The largest absolute Gasteiger partial charge is 0.467 e. The van der Waals surface area contributed by atoms with Crippen molar-refractivity contribution in [1.29, 1.82) is 0 Å². The summed E-state index contributed by atoms with van der Waals surface area (Å²) in [7, 11) is 1.23. The molecule has 2 N–H and O–H groups in total. The van der Waals surface area contributed by atoms with Crippen LogP contribution in [0.15, 0.2) is 12.7 Å². The molecule has 0 spiro atoms. The molecule has 1 aliphatic heterocycles. The first kappa shape index (κ1) is 22.5. The fraction of sp³-hybridized carbons (Fsp3) is 0.667. The van der Waals surface area contributed by atoms with E-state index < -0.39 is 41.6 Å². The number of rotatable bonds is 7. The molecule has 9 heteroatoms. The van der Waals surface area contributed by atoms with Crippen molar-refractivity contribution in [1.82, 2.24) is 15.5 Å². The number of hydrogen-bond acceptors (Lipinski definition) is 6. The second-order valence-corrected chi connectivity index (χ2v) is 7.21. The molecule has 0 saturated carbocycles. The van der Waals surface area contributed by atoms with Crippen molar-refractivity contribution in [2.24, 2.45) is 0 Å². The van der Waals surface area contributed by atoms with E-state index in [0.29, 0.717) is 19.4 Å². The molecule has 0 aromatic rings. The van der Waals surface area contributed by atoms with Crippen LogP contribution in [-0.2, 0) is 23.9 Å². The maximum atomic E-state index is 12.5. The molecule has 152 valence electrons. The second kappa shape index (κ2) is 9.94. The van der Waals surface area contributed by atoms with E-state index in [2.05, 4.69) is 21.9 Å². The summed E-state index contributed by atoms with van der Waals surface area (Å²) < 4.78 is 9.75. The number of ether oxygens (including phenoxy) is 2. The van der Waals surface area contributed by atoms with Gasteiger partial charge in [0, 0.05) is 6.54 Å². The van der Waals surface area contributed by atoms with Crippen LogP contribution in [0.2, 0.25) is 0 Å². The smallest absolute Gasteiger partial charge is 0.408 e. The average Bonchev–Trinajstić information content (AvgIpc) is 3.06. The highest BCUT2D eigenvalue weighted by molar-refractivity contribution is 5.92. The Kier molecular flexibility index (Phi) is 8.27. The van der Waals surface area contributed by atoms with Crippen LogP contribution in [0, 0.1) is 0 Å². The van der Waals surface area contributed by atoms with Gasteiger partial charge in [0.25, 0.3) is 0 Å². The third-order valence-corrected chi connectivity index (χ3v) is 3.86.